The predicted molar refractivity (Wildman–Crippen MR) is 73.5 cm³/mol. The molecule has 0 aromatic heterocycles. The molecule has 0 fully saturated rings. The normalized spacial score (nSPS) is 10.6. The Morgan fingerprint density at radius 3 is 2.71 bits per heavy atom. The summed E-state index contributed by atoms with van der Waals surface area (Å²) in [7, 11) is 2.07. The summed E-state index contributed by atoms with van der Waals surface area (Å²) in [5, 5.41) is 12.2. The van der Waals surface area contributed by atoms with E-state index in [2.05, 4.69) is 49.3 Å². The van der Waals surface area contributed by atoms with Crippen LogP contribution in [0.5, 0.6) is 0 Å². The third-order valence-corrected chi connectivity index (χ3v) is 2.90. The molecule has 0 unspecified atom stereocenters. The molecular weight excluding hydrogens is 212 g/mol. The molecule has 0 heterocycles. The van der Waals surface area contributed by atoms with Crippen LogP contribution in [0.2, 0.25) is 0 Å². The molecule has 0 aliphatic heterocycles. The lowest BCUT2D eigenvalue weighted by molar-refractivity contribution is 0.290. The van der Waals surface area contributed by atoms with Gasteiger partial charge < -0.3 is 15.3 Å². The molecule has 1 aromatic rings. The Hall–Kier alpha value is -1.06. The lowest BCUT2D eigenvalue weighted by Gasteiger charge is -2.21. The van der Waals surface area contributed by atoms with E-state index in [1.165, 1.54) is 16.8 Å². The molecule has 2 N–H and O–H groups in total. The molecule has 0 aliphatic carbocycles. The Balaban J connectivity index is 2.68. The molecule has 96 valence electrons. The molecule has 0 bridgehead atoms. The second-order valence-electron chi connectivity index (χ2n) is 4.40. The molecule has 3 nitrogen and oxygen atoms in total. The van der Waals surface area contributed by atoms with Gasteiger partial charge in [0.2, 0.25) is 0 Å². The molecule has 0 radical (unpaired) electrons. The number of nitrogens with zero attached hydrogens (tertiary/aromatic N) is 1. The minimum atomic E-state index is 0.252. The number of hydrogen-bond donors (Lipinski definition) is 2. The highest BCUT2D eigenvalue weighted by molar-refractivity contribution is 5.53. The summed E-state index contributed by atoms with van der Waals surface area (Å²) in [4.78, 5) is 2.20. The van der Waals surface area contributed by atoms with Gasteiger partial charge in [0.05, 0.1) is 0 Å². The SMILES string of the molecule is CCNCc1ccc(N(C)CCCO)c(C)c1. The van der Waals surface area contributed by atoms with Crippen molar-refractivity contribution in [2.45, 2.75) is 26.8 Å². The van der Waals surface area contributed by atoms with Gasteiger partial charge in [-0.2, -0.15) is 0 Å². The van der Waals surface area contributed by atoms with E-state index in [1.54, 1.807) is 0 Å². The number of benzene rings is 1. The summed E-state index contributed by atoms with van der Waals surface area (Å²) in [5.74, 6) is 0. The van der Waals surface area contributed by atoms with Crippen molar-refractivity contribution in [3.63, 3.8) is 0 Å². The lowest BCUT2D eigenvalue weighted by atomic mass is 10.1. The van der Waals surface area contributed by atoms with Gasteiger partial charge in [0.25, 0.3) is 0 Å². The smallest absolute Gasteiger partial charge is 0.0447 e. The summed E-state index contributed by atoms with van der Waals surface area (Å²) >= 11 is 0. The maximum Gasteiger partial charge on any atom is 0.0447 e. The Bertz CT molecular complexity index is 339. The summed E-state index contributed by atoms with van der Waals surface area (Å²) in [6.07, 6.45) is 0.815. The highest BCUT2D eigenvalue weighted by Crippen LogP contribution is 2.20. The van der Waals surface area contributed by atoms with E-state index in [-0.39, 0.29) is 6.61 Å². The van der Waals surface area contributed by atoms with Crippen LogP contribution in [-0.2, 0) is 6.54 Å². The minimum Gasteiger partial charge on any atom is -0.396 e. The molecule has 0 spiro atoms. The standard InChI is InChI=1S/C14H24N2O/c1-4-15-11-13-6-7-14(12(2)10-13)16(3)8-5-9-17/h6-7,10,15,17H,4-5,8-9,11H2,1-3H3. The molecule has 3 heteroatoms. The fraction of sp³-hybridized carbons (Fsp3) is 0.571. The topological polar surface area (TPSA) is 35.5 Å². The first-order valence-electron chi connectivity index (χ1n) is 6.31. The number of rotatable bonds is 7. The lowest BCUT2D eigenvalue weighted by Crippen LogP contribution is -2.20. The fourth-order valence-electron chi connectivity index (χ4n) is 1.95. The van der Waals surface area contributed by atoms with Crippen molar-refractivity contribution in [2.24, 2.45) is 0 Å². The highest BCUT2D eigenvalue weighted by Gasteiger charge is 2.04. The molecule has 17 heavy (non-hydrogen) atoms. The summed E-state index contributed by atoms with van der Waals surface area (Å²) in [6, 6.07) is 6.56. The zero-order chi connectivity index (χ0) is 12.7. The van der Waals surface area contributed by atoms with E-state index in [0.717, 1.165) is 26.1 Å². The third-order valence-electron chi connectivity index (χ3n) is 2.90. The zero-order valence-corrected chi connectivity index (χ0v) is 11.2. The zero-order valence-electron chi connectivity index (χ0n) is 11.2. The first-order valence-corrected chi connectivity index (χ1v) is 6.31. The van der Waals surface area contributed by atoms with Crippen molar-refractivity contribution < 1.29 is 5.11 Å². The molecule has 0 atom stereocenters. The molecule has 1 aromatic carbocycles. The molecule has 0 aliphatic rings. The average molecular weight is 236 g/mol. The van der Waals surface area contributed by atoms with Gasteiger partial charge in [0.1, 0.15) is 0 Å². The van der Waals surface area contributed by atoms with Crippen LogP contribution in [0.4, 0.5) is 5.69 Å². The maximum atomic E-state index is 8.84. The first-order chi connectivity index (χ1) is 8.19. The van der Waals surface area contributed by atoms with E-state index in [9.17, 15) is 0 Å². The second kappa shape index (κ2) is 7.30. The van der Waals surface area contributed by atoms with E-state index in [0.29, 0.717) is 0 Å². The van der Waals surface area contributed by atoms with Crippen LogP contribution in [0.15, 0.2) is 18.2 Å². The minimum absolute atomic E-state index is 0.252. The molecule has 0 saturated carbocycles. The number of anilines is 1. The summed E-state index contributed by atoms with van der Waals surface area (Å²) in [5.41, 5.74) is 3.86. The van der Waals surface area contributed by atoms with Gasteiger partial charge >= 0.3 is 0 Å². The molecule has 0 saturated heterocycles. The van der Waals surface area contributed by atoms with E-state index in [1.807, 2.05) is 0 Å². The Labute approximate surface area is 104 Å². The average Bonchev–Trinajstić information content (AvgIpc) is 2.33. The predicted octanol–water partition coefficient (Wildman–Crippen LogP) is 1.92. The molecule has 1 rings (SSSR count). The molecule has 0 amide bonds. The van der Waals surface area contributed by atoms with Crippen LogP contribution in [-0.4, -0.2) is 31.9 Å². The van der Waals surface area contributed by atoms with Crippen molar-refractivity contribution >= 4 is 5.69 Å². The van der Waals surface area contributed by atoms with Crippen molar-refractivity contribution in [3.8, 4) is 0 Å². The van der Waals surface area contributed by atoms with Gasteiger partial charge in [-0.15, -0.1) is 0 Å². The van der Waals surface area contributed by atoms with Gasteiger partial charge in [-0.25, -0.2) is 0 Å². The van der Waals surface area contributed by atoms with Crippen LogP contribution < -0.4 is 10.2 Å². The van der Waals surface area contributed by atoms with Crippen LogP contribution in [0.3, 0.4) is 0 Å². The number of hydrogen-bond acceptors (Lipinski definition) is 3. The van der Waals surface area contributed by atoms with E-state index < -0.39 is 0 Å². The van der Waals surface area contributed by atoms with Gasteiger partial charge in [0, 0.05) is 32.4 Å². The van der Waals surface area contributed by atoms with Crippen LogP contribution in [0, 0.1) is 6.92 Å². The Kier molecular flexibility index (Phi) is 6.01. The van der Waals surface area contributed by atoms with Gasteiger partial charge in [-0.3, -0.25) is 0 Å². The van der Waals surface area contributed by atoms with Crippen LogP contribution in [0.1, 0.15) is 24.5 Å². The maximum absolute atomic E-state index is 8.84. The van der Waals surface area contributed by atoms with Crippen LogP contribution >= 0.6 is 0 Å². The van der Waals surface area contributed by atoms with E-state index >= 15 is 0 Å². The Morgan fingerprint density at radius 2 is 2.12 bits per heavy atom. The van der Waals surface area contributed by atoms with Crippen molar-refractivity contribution in [3.05, 3.63) is 29.3 Å². The third kappa shape index (κ3) is 4.36. The Morgan fingerprint density at radius 1 is 1.35 bits per heavy atom. The fourth-order valence-corrected chi connectivity index (χ4v) is 1.95. The summed E-state index contributed by atoms with van der Waals surface area (Å²) in [6.45, 7) is 7.32. The quantitative estimate of drug-likeness (QED) is 0.759. The second-order valence-corrected chi connectivity index (χ2v) is 4.40. The largest absolute Gasteiger partial charge is 0.396 e. The van der Waals surface area contributed by atoms with Crippen molar-refractivity contribution in [2.75, 3.05) is 31.6 Å². The van der Waals surface area contributed by atoms with Gasteiger partial charge in [-0.1, -0.05) is 19.1 Å². The van der Waals surface area contributed by atoms with Crippen molar-refractivity contribution in [1.29, 1.82) is 0 Å². The number of nitrogens with one attached hydrogen (secondary N) is 1. The molecular formula is C14H24N2O. The number of aliphatic hydroxyl groups excluding tert-OH is 1. The number of aryl methyl sites for hydroxylation is 1. The summed E-state index contributed by atoms with van der Waals surface area (Å²) < 4.78 is 0. The number of aliphatic hydroxyl groups is 1. The monoisotopic (exact) mass is 236 g/mol. The van der Waals surface area contributed by atoms with E-state index in [4.69, 9.17) is 5.11 Å². The van der Waals surface area contributed by atoms with Crippen LogP contribution in [0.25, 0.3) is 0 Å². The first kappa shape index (κ1) is 14.0. The van der Waals surface area contributed by atoms with Crippen molar-refractivity contribution in [1.82, 2.24) is 5.32 Å². The highest BCUT2D eigenvalue weighted by atomic mass is 16.3. The van der Waals surface area contributed by atoms with Gasteiger partial charge in [0.15, 0.2) is 0 Å². The van der Waals surface area contributed by atoms with Gasteiger partial charge in [-0.05, 0) is 37.1 Å².